The smallest absolute Gasteiger partial charge is 0.332 e. The van der Waals surface area contributed by atoms with E-state index in [1.54, 1.807) is 38.1 Å². The molecule has 0 spiro atoms. The van der Waals surface area contributed by atoms with E-state index >= 15 is 0 Å². The van der Waals surface area contributed by atoms with E-state index in [0.717, 1.165) is 0 Å². The molecule has 2 aromatic carbocycles. The Hall–Kier alpha value is -3.33. The first-order valence-electron chi connectivity index (χ1n) is 11.6. The maximum absolute atomic E-state index is 13.4. The number of carbonyl (C=O) groups is 2. The van der Waals surface area contributed by atoms with Crippen LogP contribution in [0, 0.1) is 5.82 Å². The summed E-state index contributed by atoms with van der Waals surface area (Å²) < 4.78 is 36.6. The van der Waals surface area contributed by atoms with Crippen molar-refractivity contribution in [3.63, 3.8) is 0 Å². The summed E-state index contributed by atoms with van der Waals surface area (Å²) in [4.78, 5) is 32.3. The van der Waals surface area contributed by atoms with Gasteiger partial charge in [-0.3, -0.25) is 19.1 Å². The Morgan fingerprint density at radius 2 is 1.89 bits per heavy atom. The molecule has 1 aliphatic rings. The number of benzene rings is 2. The number of halogens is 1. The summed E-state index contributed by atoms with van der Waals surface area (Å²) in [7, 11) is -3.36. The predicted octanol–water partition coefficient (Wildman–Crippen LogP) is 4.23. The van der Waals surface area contributed by atoms with Crippen molar-refractivity contribution in [3.8, 4) is 5.75 Å². The summed E-state index contributed by atoms with van der Waals surface area (Å²) in [5.41, 5.74) is 1.43. The van der Waals surface area contributed by atoms with Gasteiger partial charge >= 0.3 is 7.60 Å². The number of phenolic OH excluding ortho intramolecular Hbond substituents is 1. The second-order valence-electron chi connectivity index (χ2n) is 8.19. The minimum Gasteiger partial charge on any atom is -0.505 e. The van der Waals surface area contributed by atoms with Crippen LogP contribution in [0.3, 0.4) is 0 Å². The second-order valence-corrected chi connectivity index (χ2v) is 10.4. The van der Waals surface area contributed by atoms with Crippen molar-refractivity contribution in [1.82, 2.24) is 15.2 Å². The van der Waals surface area contributed by atoms with Crippen molar-refractivity contribution >= 4 is 30.3 Å². The third kappa shape index (κ3) is 5.11. The maximum Gasteiger partial charge on any atom is 0.332 e. The van der Waals surface area contributed by atoms with Crippen LogP contribution < -0.4 is 5.32 Å². The predicted molar refractivity (Wildman–Crippen MR) is 131 cm³/mol. The zero-order valence-corrected chi connectivity index (χ0v) is 20.9. The van der Waals surface area contributed by atoms with E-state index < -0.39 is 19.4 Å². The van der Waals surface area contributed by atoms with Gasteiger partial charge in [-0.25, -0.2) is 4.39 Å². The summed E-state index contributed by atoms with van der Waals surface area (Å²) in [6, 6.07) is 9.05. The first-order valence-corrected chi connectivity index (χ1v) is 13.3. The van der Waals surface area contributed by atoms with Crippen LogP contribution >= 0.6 is 7.60 Å². The maximum atomic E-state index is 13.4. The standard InChI is InChI=1S/C25H27FN3O6P/c1-3-34-36(33,35-4-2)13-12-28-24(31)20-18-6-5-11-27-22(18)23(30)21-19(20)15-29(25(21)32)14-16-7-9-17(26)10-8-16/h5-11,30H,3-4,12-15H2,1-2H3,(H,28,31). The van der Waals surface area contributed by atoms with E-state index in [2.05, 4.69) is 10.3 Å². The van der Waals surface area contributed by atoms with Crippen LogP contribution in [-0.2, 0) is 26.7 Å². The minimum atomic E-state index is -3.36. The van der Waals surface area contributed by atoms with Crippen LogP contribution in [-0.4, -0.2) is 52.7 Å². The number of carbonyl (C=O) groups excluding carboxylic acids is 2. The highest BCUT2D eigenvalue weighted by Gasteiger charge is 2.36. The number of fused-ring (bicyclic) bond motifs is 2. The molecule has 2 N–H and O–H groups in total. The molecule has 2 heterocycles. The number of nitrogens with one attached hydrogen (secondary N) is 1. The SMILES string of the molecule is CCOP(=O)(CCNC(=O)c1c2c(c(O)c3ncccc13)C(=O)N(Cc1ccc(F)cc1)C2)OCC. The molecule has 190 valence electrons. The largest absolute Gasteiger partial charge is 0.505 e. The van der Waals surface area contributed by atoms with E-state index in [0.29, 0.717) is 16.5 Å². The summed E-state index contributed by atoms with van der Waals surface area (Å²) in [5, 5.41) is 14.0. The van der Waals surface area contributed by atoms with Gasteiger partial charge in [0.2, 0.25) is 0 Å². The Morgan fingerprint density at radius 1 is 1.19 bits per heavy atom. The topological polar surface area (TPSA) is 118 Å². The van der Waals surface area contributed by atoms with Crippen molar-refractivity contribution in [1.29, 1.82) is 0 Å². The Labute approximate surface area is 207 Å². The first-order chi connectivity index (χ1) is 17.3. The number of aromatic hydroxyl groups is 1. The lowest BCUT2D eigenvalue weighted by Crippen LogP contribution is -2.28. The lowest BCUT2D eigenvalue weighted by molar-refractivity contribution is 0.0763. The van der Waals surface area contributed by atoms with Crippen LogP contribution in [0.4, 0.5) is 4.39 Å². The van der Waals surface area contributed by atoms with E-state index in [9.17, 15) is 23.7 Å². The molecule has 0 unspecified atom stereocenters. The zero-order chi connectivity index (χ0) is 25.9. The van der Waals surface area contributed by atoms with Gasteiger partial charge in [-0.15, -0.1) is 0 Å². The molecule has 0 bridgehead atoms. The number of rotatable bonds is 10. The number of hydrogen-bond donors (Lipinski definition) is 2. The molecule has 4 rings (SSSR count). The molecule has 2 amide bonds. The summed E-state index contributed by atoms with van der Waals surface area (Å²) in [6.45, 7) is 4.08. The molecule has 0 atom stereocenters. The summed E-state index contributed by atoms with van der Waals surface area (Å²) >= 11 is 0. The van der Waals surface area contributed by atoms with Gasteiger partial charge in [0.05, 0.1) is 30.5 Å². The van der Waals surface area contributed by atoms with Crippen LogP contribution in [0.1, 0.15) is 45.7 Å². The average molecular weight is 515 g/mol. The fourth-order valence-corrected chi connectivity index (χ4v) is 5.81. The molecule has 0 saturated heterocycles. The number of phenols is 1. The minimum absolute atomic E-state index is 0.0146. The highest BCUT2D eigenvalue weighted by molar-refractivity contribution is 7.53. The number of aromatic nitrogens is 1. The Balaban J connectivity index is 1.65. The van der Waals surface area contributed by atoms with E-state index in [-0.39, 0.29) is 67.2 Å². The second kappa shape index (κ2) is 10.7. The highest BCUT2D eigenvalue weighted by atomic mass is 31.2. The zero-order valence-electron chi connectivity index (χ0n) is 20.0. The lowest BCUT2D eigenvalue weighted by atomic mass is 9.96. The van der Waals surface area contributed by atoms with E-state index in [1.807, 2.05) is 0 Å². The quantitative estimate of drug-likeness (QED) is 0.388. The van der Waals surface area contributed by atoms with Gasteiger partial charge in [-0.2, -0.15) is 0 Å². The molecular formula is C25H27FN3O6P. The summed E-state index contributed by atoms with van der Waals surface area (Å²) in [6.07, 6.45) is 1.44. The number of nitrogens with zero attached hydrogens (tertiary/aromatic N) is 2. The Kier molecular flexibility index (Phi) is 7.68. The van der Waals surface area contributed by atoms with Gasteiger partial charge < -0.3 is 24.4 Å². The van der Waals surface area contributed by atoms with Crippen LogP contribution in [0.5, 0.6) is 5.75 Å². The molecular weight excluding hydrogens is 488 g/mol. The third-order valence-corrected chi connectivity index (χ3v) is 7.90. The fourth-order valence-electron chi connectivity index (χ4n) is 4.31. The van der Waals surface area contributed by atoms with Gasteiger partial charge in [0.15, 0.2) is 5.75 Å². The van der Waals surface area contributed by atoms with Crippen molar-refractivity contribution in [2.75, 3.05) is 25.9 Å². The van der Waals surface area contributed by atoms with Crippen LogP contribution in [0.15, 0.2) is 42.6 Å². The molecule has 1 aromatic heterocycles. The van der Waals surface area contributed by atoms with Crippen LogP contribution in [0.25, 0.3) is 10.9 Å². The normalized spacial score (nSPS) is 13.3. The molecule has 36 heavy (non-hydrogen) atoms. The van der Waals surface area contributed by atoms with Crippen molar-refractivity contribution < 1.29 is 32.7 Å². The molecule has 0 radical (unpaired) electrons. The first kappa shape index (κ1) is 25.8. The van der Waals surface area contributed by atoms with Gasteiger partial charge in [-0.1, -0.05) is 18.2 Å². The van der Waals surface area contributed by atoms with Gasteiger partial charge in [0, 0.05) is 36.8 Å². The molecule has 0 aliphatic carbocycles. The lowest BCUT2D eigenvalue weighted by Gasteiger charge is -2.18. The molecule has 9 nitrogen and oxygen atoms in total. The van der Waals surface area contributed by atoms with Crippen molar-refractivity contribution in [3.05, 3.63) is 70.7 Å². The average Bonchev–Trinajstić information content (AvgIpc) is 3.16. The van der Waals surface area contributed by atoms with Gasteiger partial charge in [0.1, 0.15) is 11.3 Å². The van der Waals surface area contributed by atoms with E-state index in [4.69, 9.17) is 9.05 Å². The van der Waals surface area contributed by atoms with E-state index in [1.165, 1.54) is 23.2 Å². The number of amides is 2. The Morgan fingerprint density at radius 3 is 2.56 bits per heavy atom. The summed E-state index contributed by atoms with van der Waals surface area (Å²) in [5.74, 6) is -1.63. The van der Waals surface area contributed by atoms with Crippen molar-refractivity contribution in [2.45, 2.75) is 26.9 Å². The molecule has 1 aliphatic heterocycles. The molecule has 0 fully saturated rings. The molecule has 0 saturated carbocycles. The van der Waals surface area contributed by atoms with Crippen molar-refractivity contribution in [2.24, 2.45) is 0 Å². The molecule has 11 heteroatoms. The number of pyridine rings is 1. The third-order valence-electron chi connectivity index (χ3n) is 5.83. The van der Waals surface area contributed by atoms with Gasteiger partial charge in [0.25, 0.3) is 11.8 Å². The van der Waals surface area contributed by atoms with Crippen LogP contribution in [0.2, 0.25) is 0 Å². The Bertz CT molecular complexity index is 1340. The van der Waals surface area contributed by atoms with Gasteiger partial charge in [-0.05, 0) is 37.6 Å². The molecule has 3 aromatic rings. The number of hydrogen-bond acceptors (Lipinski definition) is 7. The fraction of sp³-hybridized carbons (Fsp3) is 0.320. The highest BCUT2D eigenvalue weighted by Crippen LogP contribution is 2.47. The monoisotopic (exact) mass is 515 g/mol.